The van der Waals surface area contributed by atoms with Gasteiger partial charge in [-0.25, -0.2) is 4.79 Å². The van der Waals surface area contributed by atoms with E-state index >= 15 is 0 Å². The second kappa shape index (κ2) is 8.58. The highest BCUT2D eigenvalue weighted by Gasteiger charge is 2.11. The molecule has 6 nitrogen and oxygen atoms in total. The minimum Gasteiger partial charge on any atom is -0.396 e. The van der Waals surface area contributed by atoms with Crippen molar-refractivity contribution in [2.45, 2.75) is 39.5 Å². The van der Waals surface area contributed by atoms with E-state index in [-0.39, 0.29) is 12.6 Å². The van der Waals surface area contributed by atoms with Gasteiger partial charge in [-0.05, 0) is 25.2 Å². The summed E-state index contributed by atoms with van der Waals surface area (Å²) in [5.41, 5.74) is 0.951. The lowest BCUT2D eigenvalue weighted by atomic mass is 10.0. The number of aliphatic hydroxyl groups is 1. The minimum absolute atomic E-state index is 0.162. The number of hydrogen-bond donors (Lipinski definition) is 3. The smallest absolute Gasteiger partial charge is 0.320 e. The highest BCUT2D eigenvalue weighted by molar-refractivity contribution is 5.88. The normalized spacial score (nSPS) is 12.2. The third kappa shape index (κ3) is 5.21. The van der Waals surface area contributed by atoms with Gasteiger partial charge in [-0.1, -0.05) is 20.3 Å². The summed E-state index contributed by atoms with van der Waals surface area (Å²) in [4.78, 5) is 11.8. The summed E-state index contributed by atoms with van der Waals surface area (Å²) in [7, 11) is 1.81. The molecule has 0 aliphatic heterocycles. The molecule has 1 aromatic heterocycles. The fraction of sp³-hybridized carbons (Fsp3) is 0.714. The van der Waals surface area contributed by atoms with Gasteiger partial charge < -0.3 is 10.4 Å². The molecule has 1 rings (SSSR count). The molecule has 1 heterocycles. The van der Waals surface area contributed by atoms with E-state index < -0.39 is 0 Å². The number of aromatic nitrogens is 2. The first-order valence-electron chi connectivity index (χ1n) is 7.29. The van der Waals surface area contributed by atoms with Crippen molar-refractivity contribution in [2.24, 2.45) is 13.0 Å². The van der Waals surface area contributed by atoms with Gasteiger partial charge in [0.05, 0.1) is 5.69 Å². The van der Waals surface area contributed by atoms with Crippen LogP contribution in [0.3, 0.4) is 0 Å². The number of carbonyl (C=O) groups excluding carboxylic acids is 1. The largest absolute Gasteiger partial charge is 0.396 e. The molecule has 2 amide bonds. The molecule has 3 N–H and O–H groups in total. The van der Waals surface area contributed by atoms with E-state index in [0.717, 1.165) is 31.4 Å². The number of rotatable bonds is 8. The Labute approximate surface area is 120 Å². The van der Waals surface area contributed by atoms with Gasteiger partial charge in [-0.2, -0.15) is 5.10 Å². The molecule has 0 aliphatic rings. The summed E-state index contributed by atoms with van der Waals surface area (Å²) >= 11 is 0. The van der Waals surface area contributed by atoms with Gasteiger partial charge in [0, 0.05) is 26.3 Å². The Hall–Kier alpha value is -1.56. The van der Waals surface area contributed by atoms with Gasteiger partial charge >= 0.3 is 6.03 Å². The van der Waals surface area contributed by atoms with Crippen LogP contribution in [0.5, 0.6) is 0 Å². The van der Waals surface area contributed by atoms with Crippen LogP contribution in [0, 0.1) is 5.92 Å². The van der Waals surface area contributed by atoms with Crippen LogP contribution in [0.1, 0.15) is 38.8 Å². The zero-order valence-corrected chi connectivity index (χ0v) is 12.6. The Balaban J connectivity index is 2.44. The van der Waals surface area contributed by atoms with Crippen LogP contribution in [0.25, 0.3) is 0 Å². The number of anilines is 1. The molecule has 6 heteroatoms. The van der Waals surface area contributed by atoms with E-state index in [2.05, 4.69) is 22.7 Å². The van der Waals surface area contributed by atoms with Gasteiger partial charge in [0.2, 0.25) is 0 Å². The average Bonchev–Trinajstić information content (AvgIpc) is 2.77. The summed E-state index contributed by atoms with van der Waals surface area (Å²) in [6.45, 7) is 4.87. The molecule has 114 valence electrons. The number of urea groups is 1. The first kappa shape index (κ1) is 16.5. The van der Waals surface area contributed by atoms with E-state index in [1.807, 2.05) is 13.0 Å². The molecule has 1 aromatic rings. The molecule has 20 heavy (non-hydrogen) atoms. The summed E-state index contributed by atoms with van der Waals surface area (Å²) in [6.07, 6.45) is 3.62. The van der Waals surface area contributed by atoms with Crippen molar-refractivity contribution < 1.29 is 9.90 Å². The summed E-state index contributed by atoms with van der Waals surface area (Å²) in [5, 5.41) is 18.9. The van der Waals surface area contributed by atoms with Crippen LogP contribution in [-0.4, -0.2) is 34.1 Å². The zero-order chi connectivity index (χ0) is 15.0. The number of hydrogen-bond acceptors (Lipinski definition) is 3. The van der Waals surface area contributed by atoms with Crippen molar-refractivity contribution in [2.75, 3.05) is 18.5 Å². The molecule has 0 aromatic carbocycles. The van der Waals surface area contributed by atoms with Crippen molar-refractivity contribution in [3.05, 3.63) is 11.8 Å². The first-order valence-corrected chi connectivity index (χ1v) is 7.29. The van der Waals surface area contributed by atoms with Gasteiger partial charge in [0.25, 0.3) is 0 Å². The van der Waals surface area contributed by atoms with Crippen LogP contribution in [-0.2, 0) is 13.5 Å². The monoisotopic (exact) mass is 282 g/mol. The lowest BCUT2D eigenvalue weighted by molar-refractivity contribution is 0.236. The molecule has 0 saturated heterocycles. The number of carbonyl (C=O) groups is 1. The standard InChI is InChI=1S/C14H26N4O2/c1-4-6-11(7-8-19)10-15-14(20)16-13-9-12(5-2)17-18(13)3/h9,11,19H,4-8,10H2,1-3H3,(H2,15,16,20). The Morgan fingerprint density at radius 1 is 1.45 bits per heavy atom. The number of aliphatic hydroxyl groups excluding tert-OH is 1. The molecular formula is C14H26N4O2. The SMILES string of the molecule is CCCC(CCO)CNC(=O)Nc1cc(CC)nn1C. The van der Waals surface area contributed by atoms with E-state index in [4.69, 9.17) is 5.11 Å². The minimum atomic E-state index is -0.227. The van der Waals surface area contributed by atoms with Crippen LogP contribution in [0.2, 0.25) is 0 Å². The second-order valence-electron chi connectivity index (χ2n) is 5.00. The Morgan fingerprint density at radius 3 is 2.75 bits per heavy atom. The van der Waals surface area contributed by atoms with Crippen LogP contribution in [0.4, 0.5) is 10.6 Å². The Bertz CT molecular complexity index is 411. The molecule has 1 unspecified atom stereocenters. The van der Waals surface area contributed by atoms with Gasteiger partial charge in [-0.3, -0.25) is 10.00 Å². The molecule has 0 bridgehead atoms. The maximum atomic E-state index is 11.8. The van der Waals surface area contributed by atoms with Crippen molar-refractivity contribution in [3.63, 3.8) is 0 Å². The third-order valence-electron chi connectivity index (χ3n) is 3.32. The third-order valence-corrected chi connectivity index (χ3v) is 3.32. The Morgan fingerprint density at radius 2 is 2.20 bits per heavy atom. The molecule has 0 spiro atoms. The molecule has 0 saturated carbocycles. The molecule has 0 fully saturated rings. The Kier molecular flexibility index (Phi) is 7.08. The topological polar surface area (TPSA) is 79.2 Å². The quantitative estimate of drug-likeness (QED) is 0.681. The van der Waals surface area contributed by atoms with Gasteiger partial charge in [0.15, 0.2) is 0 Å². The van der Waals surface area contributed by atoms with Gasteiger partial charge in [-0.15, -0.1) is 0 Å². The van der Waals surface area contributed by atoms with Crippen LogP contribution in [0.15, 0.2) is 6.07 Å². The van der Waals surface area contributed by atoms with Crippen molar-refractivity contribution in [1.82, 2.24) is 15.1 Å². The van der Waals surface area contributed by atoms with E-state index in [1.54, 1.807) is 11.7 Å². The van der Waals surface area contributed by atoms with Crippen LogP contribution < -0.4 is 10.6 Å². The van der Waals surface area contributed by atoms with Crippen molar-refractivity contribution in [3.8, 4) is 0 Å². The second-order valence-corrected chi connectivity index (χ2v) is 5.00. The summed E-state index contributed by atoms with van der Waals surface area (Å²) < 4.78 is 1.66. The summed E-state index contributed by atoms with van der Waals surface area (Å²) in [6, 6.07) is 1.64. The van der Waals surface area contributed by atoms with Crippen LogP contribution >= 0.6 is 0 Å². The highest BCUT2D eigenvalue weighted by Crippen LogP contribution is 2.11. The lowest BCUT2D eigenvalue weighted by Crippen LogP contribution is -2.34. The highest BCUT2D eigenvalue weighted by atomic mass is 16.3. The predicted octanol–water partition coefficient (Wildman–Crippen LogP) is 1.90. The fourth-order valence-electron chi connectivity index (χ4n) is 2.15. The van der Waals surface area contributed by atoms with E-state index in [9.17, 15) is 4.79 Å². The van der Waals surface area contributed by atoms with Crippen molar-refractivity contribution in [1.29, 1.82) is 0 Å². The van der Waals surface area contributed by atoms with E-state index in [0.29, 0.717) is 18.3 Å². The number of amides is 2. The molecular weight excluding hydrogens is 256 g/mol. The number of nitrogens with zero attached hydrogens (tertiary/aromatic N) is 2. The number of aryl methyl sites for hydroxylation is 2. The maximum Gasteiger partial charge on any atom is 0.320 e. The maximum absolute atomic E-state index is 11.8. The number of nitrogens with one attached hydrogen (secondary N) is 2. The average molecular weight is 282 g/mol. The van der Waals surface area contributed by atoms with E-state index in [1.165, 1.54) is 0 Å². The molecule has 1 atom stereocenters. The summed E-state index contributed by atoms with van der Waals surface area (Å²) in [5.74, 6) is 1.02. The van der Waals surface area contributed by atoms with Gasteiger partial charge in [0.1, 0.15) is 5.82 Å². The molecule has 0 aliphatic carbocycles. The first-order chi connectivity index (χ1) is 9.60. The van der Waals surface area contributed by atoms with Crippen molar-refractivity contribution >= 4 is 11.8 Å². The lowest BCUT2D eigenvalue weighted by Gasteiger charge is -2.16. The fourth-order valence-corrected chi connectivity index (χ4v) is 2.15. The molecule has 0 radical (unpaired) electrons. The predicted molar refractivity (Wildman–Crippen MR) is 79.7 cm³/mol. The zero-order valence-electron chi connectivity index (χ0n) is 12.6.